The molecule has 0 aliphatic carbocycles. The maximum Gasteiger partial charge on any atom is 0.180 e. The quantitative estimate of drug-likeness (QED) is 0.815. The highest BCUT2D eigenvalue weighted by molar-refractivity contribution is 7.13. The Kier molecular flexibility index (Phi) is 4.35. The Hall–Kier alpha value is -0.610. The average molecular weight is 213 g/mol. The molecule has 0 aromatic carbocycles. The van der Waals surface area contributed by atoms with Crippen molar-refractivity contribution in [1.82, 2.24) is 9.88 Å². The SMILES string of the molecule is CC(C)CCN(C)Cc1csc(N)n1. The second kappa shape index (κ2) is 5.32. The number of aromatic nitrogens is 1. The van der Waals surface area contributed by atoms with Crippen molar-refractivity contribution in [2.45, 2.75) is 26.8 Å². The van der Waals surface area contributed by atoms with Crippen molar-refractivity contribution in [3.8, 4) is 0 Å². The van der Waals surface area contributed by atoms with Gasteiger partial charge in [-0.25, -0.2) is 4.98 Å². The maximum atomic E-state index is 5.57. The van der Waals surface area contributed by atoms with Crippen LogP contribution in [-0.4, -0.2) is 23.5 Å². The number of nitrogens with zero attached hydrogens (tertiary/aromatic N) is 2. The average Bonchev–Trinajstić information content (AvgIpc) is 2.48. The summed E-state index contributed by atoms with van der Waals surface area (Å²) in [6.07, 6.45) is 1.23. The van der Waals surface area contributed by atoms with Gasteiger partial charge >= 0.3 is 0 Å². The van der Waals surface area contributed by atoms with Gasteiger partial charge in [0.1, 0.15) is 0 Å². The molecule has 4 heteroatoms. The van der Waals surface area contributed by atoms with Crippen LogP contribution in [0.5, 0.6) is 0 Å². The summed E-state index contributed by atoms with van der Waals surface area (Å²) in [5.41, 5.74) is 6.65. The monoisotopic (exact) mass is 213 g/mol. The highest BCUT2D eigenvalue weighted by Crippen LogP contribution is 2.12. The molecule has 80 valence electrons. The Labute approximate surface area is 89.9 Å². The van der Waals surface area contributed by atoms with Gasteiger partial charge in [-0.05, 0) is 25.9 Å². The van der Waals surface area contributed by atoms with E-state index in [1.807, 2.05) is 5.38 Å². The van der Waals surface area contributed by atoms with Crippen molar-refractivity contribution < 1.29 is 0 Å². The molecular formula is C10H19N3S. The van der Waals surface area contributed by atoms with Gasteiger partial charge < -0.3 is 10.6 Å². The molecule has 1 aromatic rings. The first-order valence-electron chi connectivity index (χ1n) is 4.96. The predicted molar refractivity (Wildman–Crippen MR) is 62.3 cm³/mol. The first kappa shape index (κ1) is 11.5. The number of thiazole rings is 1. The summed E-state index contributed by atoms with van der Waals surface area (Å²) in [5, 5.41) is 2.69. The number of anilines is 1. The molecule has 14 heavy (non-hydrogen) atoms. The molecule has 3 nitrogen and oxygen atoms in total. The molecule has 0 radical (unpaired) electrons. The van der Waals surface area contributed by atoms with Crippen molar-refractivity contribution in [2.75, 3.05) is 19.3 Å². The molecular weight excluding hydrogens is 194 g/mol. The van der Waals surface area contributed by atoms with Gasteiger partial charge in [-0.1, -0.05) is 13.8 Å². The van der Waals surface area contributed by atoms with Crippen LogP contribution in [0.3, 0.4) is 0 Å². The van der Waals surface area contributed by atoms with Crippen LogP contribution in [0.15, 0.2) is 5.38 Å². The van der Waals surface area contributed by atoms with Crippen LogP contribution in [0, 0.1) is 5.92 Å². The summed E-state index contributed by atoms with van der Waals surface area (Å²) in [4.78, 5) is 6.52. The van der Waals surface area contributed by atoms with E-state index in [-0.39, 0.29) is 0 Å². The van der Waals surface area contributed by atoms with Crippen molar-refractivity contribution in [3.63, 3.8) is 0 Å². The fourth-order valence-corrected chi connectivity index (χ4v) is 1.78. The van der Waals surface area contributed by atoms with Crippen molar-refractivity contribution in [3.05, 3.63) is 11.1 Å². The van der Waals surface area contributed by atoms with Crippen LogP contribution >= 0.6 is 11.3 Å². The minimum atomic E-state index is 0.664. The van der Waals surface area contributed by atoms with Crippen LogP contribution in [0.4, 0.5) is 5.13 Å². The van der Waals surface area contributed by atoms with E-state index in [0.29, 0.717) is 5.13 Å². The predicted octanol–water partition coefficient (Wildman–Crippen LogP) is 2.20. The lowest BCUT2D eigenvalue weighted by atomic mass is 10.1. The summed E-state index contributed by atoms with van der Waals surface area (Å²) >= 11 is 1.51. The molecule has 1 heterocycles. The fraction of sp³-hybridized carbons (Fsp3) is 0.700. The molecule has 0 saturated heterocycles. The molecule has 0 aliphatic heterocycles. The molecule has 0 fully saturated rings. The van der Waals surface area contributed by atoms with Crippen LogP contribution in [0.25, 0.3) is 0 Å². The smallest absolute Gasteiger partial charge is 0.180 e. The standard InChI is InChI=1S/C10H19N3S/c1-8(2)4-5-13(3)6-9-7-14-10(11)12-9/h7-8H,4-6H2,1-3H3,(H2,11,12). The summed E-state index contributed by atoms with van der Waals surface area (Å²) in [6, 6.07) is 0. The summed E-state index contributed by atoms with van der Waals surface area (Å²) in [6.45, 7) is 6.51. The number of hydrogen-bond acceptors (Lipinski definition) is 4. The van der Waals surface area contributed by atoms with E-state index in [0.717, 1.165) is 24.7 Å². The minimum Gasteiger partial charge on any atom is -0.375 e. The number of nitrogens with two attached hydrogens (primary N) is 1. The summed E-state index contributed by atoms with van der Waals surface area (Å²) in [5.74, 6) is 0.762. The normalized spacial score (nSPS) is 11.5. The van der Waals surface area contributed by atoms with Crippen LogP contribution < -0.4 is 5.73 Å². The first-order chi connectivity index (χ1) is 6.58. The maximum absolute atomic E-state index is 5.57. The number of rotatable bonds is 5. The van der Waals surface area contributed by atoms with Gasteiger partial charge in [0, 0.05) is 11.9 Å². The number of nitrogen functional groups attached to an aromatic ring is 1. The fourth-order valence-electron chi connectivity index (χ4n) is 1.23. The van der Waals surface area contributed by atoms with E-state index < -0.39 is 0 Å². The molecule has 1 rings (SSSR count). The molecule has 2 N–H and O–H groups in total. The lowest BCUT2D eigenvalue weighted by molar-refractivity contribution is 0.301. The lowest BCUT2D eigenvalue weighted by Gasteiger charge is -2.16. The molecule has 0 aliphatic rings. The molecule has 0 atom stereocenters. The number of hydrogen-bond donors (Lipinski definition) is 1. The van der Waals surface area contributed by atoms with Crippen molar-refractivity contribution in [2.24, 2.45) is 5.92 Å². The zero-order chi connectivity index (χ0) is 10.6. The summed E-state index contributed by atoms with van der Waals surface area (Å²) < 4.78 is 0. The van der Waals surface area contributed by atoms with Gasteiger partial charge in [0.05, 0.1) is 5.69 Å². The zero-order valence-corrected chi connectivity index (χ0v) is 9.97. The third-order valence-electron chi connectivity index (χ3n) is 2.09. The largest absolute Gasteiger partial charge is 0.375 e. The Bertz CT molecular complexity index is 270. The Balaban J connectivity index is 2.30. The van der Waals surface area contributed by atoms with Crippen LogP contribution in [0.1, 0.15) is 26.0 Å². The van der Waals surface area contributed by atoms with E-state index in [9.17, 15) is 0 Å². The van der Waals surface area contributed by atoms with E-state index in [2.05, 4.69) is 30.8 Å². The van der Waals surface area contributed by atoms with E-state index in [1.165, 1.54) is 17.8 Å². The lowest BCUT2D eigenvalue weighted by Crippen LogP contribution is -2.20. The third-order valence-corrected chi connectivity index (χ3v) is 2.81. The minimum absolute atomic E-state index is 0.664. The molecule has 0 unspecified atom stereocenters. The van der Waals surface area contributed by atoms with Gasteiger partial charge in [0.2, 0.25) is 0 Å². The second-order valence-corrected chi connectivity index (χ2v) is 4.99. The third kappa shape index (κ3) is 4.07. The van der Waals surface area contributed by atoms with Gasteiger partial charge in [-0.15, -0.1) is 11.3 Å². The van der Waals surface area contributed by atoms with Crippen LogP contribution in [-0.2, 0) is 6.54 Å². The highest BCUT2D eigenvalue weighted by atomic mass is 32.1. The molecule has 0 saturated carbocycles. The zero-order valence-electron chi connectivity index (χ0n) is 9.16. The van der Waals surface area contributed by atoms with Crippen molar-refractivity contribution >= 4 is 16.5 Å². The Morgan fingerprint density at radius 1 is 1.57 bits per heavy atom. The molecule has 1 aromatic heterocycles. The molecule has 0 spiro atoms. The van der Waals surface area contributed by atoms with Gasteiger partial charge in [0.15, 0.2) is 5.13 Å². The first-order valence-corrected chi connectivity index (χ1v) is 5.84. The summed E-state index contributed by atoms with van der Waals surface area (Å²) in [7, 11) is 2.12. The van der Waals surface area contributed by atoms with Gasteiger partial charge in [0.25, 0.3) is 0 Å². The second-order valence-electron chi connectivity index (χ2n) is 4.10. The van der Waals surface area contributed by atoms with Crippen molar-refractivity contribution in [1.29, 1.82) is 0 Å². The van der Waals surface area contributed by atoms with Gasteiger partial charge in [-0.3, -0.25) is 0 Å². The van der Waals surface area contributed by atoms with Gasteiger partial charge in [-0.2, -0.15) is 0 Å². The molecule has 0 bridgehead atoms. The van der Waals surface area contributed by atoms with E-state index >= 15 is 0 Å². The molecule has 0 amide bonds. The van der Waals surface area contributed by atoms with E-state index in [1.54, 1.807) is 0 Å². The topological polar surface area (TPSA) is 42.1 Å². The Morgan fingerprint density at radius 2 is 2.29 bits per heavy atom. The Morgan fingerprint density at radius 3 is 2.79 bits per heavy atom. The highest BCUT2D eigenvalue weighted by Gasteiger charge is 2.04. The van der Waals surface area contributed by atoms with E-state index in [4.69, 9.17) is 5.73 Å². The van der Waals surface area contributed by atoms with Crippen LogP contribution in [0.2, 0.25) is 0 Å².